The second-order valence-corrected chi connectivity index (χ2v) is 7.19. The van der Waals surface area contributed by atoms with Crippen LogP contribution in [0.5, 0.6) is 0 Å². The van der Waals surface area contributed by atoms with Gasteiger partial charge in [-0.3, -0.25) is 4.90 Å². The molecule has 0 bridgehead atoms. The van der Waals surface area contributed by atoms with Crippen molar-refractivity contribution in [3.05, 3.63) is 47.3 Å². The largest absolute Gasteiger partial charge is 0.401 e. The van der Waals surface area contributed by atoms with Crippen molar-refractivity contribution in [1.82, 2.24) is 10.2 Å². The molecule has 0 atom stereocenters. The number of benzene rings is 1. The first-order chi connectivity index (χ1) is 11.7. The summed E-state index contributed by atoms with van der Waals surface area (Å²) in [5, 5.41) is 3.55. The van der Waals surface area contributed by atoms with Gasteiger partial charge in [-0.1, -0.05) is 43.7 Å². The molecular weight excluding hydrogens is 294 g/mol. The molecule has 1 aromatic carbocycles. The van der Waals surface area contributed by atoms with Crippen LogP contribution in [0.2, 0.25) is 0 Å². The van der Waals surface area contributed by atoms with E-state index in [1.807, 2.05) is 6.92 Å². The van der Waals surface area contributed by atoms with Gasteiger partial charge in [-0.2, -0.15) is 0 Å². The maximum atomic E-state index is 5.94. The van der Waals surface area contributed by atoms with E-state index in [1.54, 1.807) is 0 Å². The second kappa shape index (κ2) is 10.4. The Labute approximate surface area is 148 Å². The lowest BCUT2D eigenvalue weighted by molar-refractivity contribution is 0.171. The molecule has 0 unspecified atom stereocenters. The third kappa shape index (κ3) is 6.56. The molecule has 3 heteroatoms. The summed E-state index contributed by atoms with van der Waals surface area (Å²) in [5.74, 6) is 0.899. The van der Waals surface area contributed by atoms with Gasteiger partial charge in [-0.25, -0.2) is 0 Å². The number of hydrogen-bond donors (Lipinski definition) is 2. The van der Waals surface area contributed by atoms with E-state index < -0.39 is 0 Å². The minimum atomic E-state index is 0.899. The number of nitrogens with two attached hydrogens (primary N) is 1. The molecule has 1 aliphatic heterocycles. The highest BCUT2D eigenvalue weighted by Crippen LogP contribution is 2.23. The minimum absolute atomic E-state index is 0.899. The highest BCUT2D eigenvalue weighted by Gasteiger charge is 2.18. The highest BCUT2D eigenvalue weighted by atomic mass is 15.1. The average molecular weight is 330 g/mol. The standard InChI is InChI=1S/C21H35N3/c1-3-8-21(18(2)22)23-14-7-11-19-12-15-24(16-13-19)17-20-9-5-4-6-10-20/h4-6,9-10,19,23H,3,7-8,11-17,22H2,1-2H3/b21-18-. The van der Waals surface area contributed by atoms with Crippen LogP contribution in [0.25, 0.3) is 0 Å². The van der Waals surface area contributed by atoms with Crippen LogP contribution in [0, 0.1) is 5.92 Å². The van der Waals surface area contributed by atoms with Crippen LogP contribution in [0.4, 0.5) is 0 Å². The topological polar surface area (TPSA) is 41.3 Å². The van der Waals surface area contributed by atoms with E-state index in [4.69, 9.17) is 5.73 Å². The summed E-state index contributed by atoms with van der Waals surface area (Å²) >= 11 is 0. The van der Waals surface area contributed by atoms with Crippen molar-refractivity contribution < 1.29 is 0 Å². The van der Waals surface area contributed by atoms with Crippen molar-refractivity contribution in [2.75, 3.05) is 19.6 Å². The maximum absolute atomic E-state index is 5.94. The zero-order valence-electron chi connectivity index (χ0n) is 15.6. The van der Waals surface area contributed by atoms with Gasteiger partial charge in [-0.05, 0) is 63.6 Å². The molecule has 1 heterocycles. The van der Waals surface area contributed by atoms with Gasteiger partial charge in [0.15, 0.2) is 0 Å². The van der Waals surface area contributed by atoms with E-state index in [9.17, 15) is 0 Å². The van der Waals surface area contributed by atoms with E-state index >= 15 is 0 Å². The molecule has 0 aromatic heterocycles. The fraction of sp³-hybridized carbons (Fsp3) is 0.619. The van der Waals surface area contributed by atoms with Gasteiger partial charge in [0.05, 0.1) is 0 Å². The fourth-order valence-corrected chi connectivity index (χ4v) is 3.58. The van der Waals surface area contributed by atoms with Crippen LogP contribution >= 0.6 is 0 Å². The average Bonchev–Trinajstić information content (AvgIpc) is 2.60. The molecule has 3 nitrogen and oxygen atoms in total. The van der Waals surface area contributed by atoms with Crippen molar-refractivity contribution >= 4 is 0 Å². The van der Waals surface area contributed by atoms with Crippen molar-refractivity contribution in [3.63, 3.8) is 0 Å². The van der Waals surface area contributed by atoms with Crippen LogP contribution in [0.3, 0.4) is 0 Å². The quantitative estimate of drug-likeness (QED) is 0.665. The Morgan fingerprint density at radius 2 is 1.92 bits per heavy atom. The Hall–Kier alpha value is -1.48. The van der Waals surface area contributed by atoms with Crippen molar-refractivity contribution in [3.8, 4) is 0 Å². The van der Waals surface area contributed by atoms with Crippen molar-refractivity contribution in [2.24, 2.45) is 11.7 Å². The Morgan fingerprint density at radius 1 is 1.21 bits per heavy atom. The molecule has 0 saturated carbocycles. The molecule has 3 N–H and O–H groups in total. The Kier molecular flexibility index (Phi) is 8.17. The first-order valence-electron chi connectivity index (χ1n) is 9.64. The zero-order chi connectivity index (χ0) is 17.2. The normalized spacial score (nSPS) is 17.6. The van der Waals surface area contributed by atoms with E-state index in [0.717, 1.165) is 37.5 Å². The van der Waals surface area contributed by atoms with Crippen LogP contribution in [-0.4, -0.2) is 24.5 Å². The van der Waals surface area contributed by atoms with E-state index in [2.05, 4.69) is 47.5 Å². The predicted octanol–water partition coefficient (Wildman–Crippen LogP) is 4.26. The van der Waals surface area contributed by atoms with E-state index in [0.29, 0.717) is 0 Å². The predicted molar refractivity (Wildman–Crippen MR) is 103 cm³/mol. The number of rotatable bonds is 9. The van der Waals surface area contributed by atoms with Gasteiger partial charge in [-0.15, -0.1) is 0 Å². The van der Waals surface area contributed by atoms with E-state index in [1.165, 1.54) is 50.0 Å². The third-order valence-corrected chi connectivity index (χ3v) is 5.06. The summed E-state index contributed by atoms with van der Waals surface area (Å²) in [5.41, 5.74) is 9.57. The Balaban J connectivity index is 1.60. The van der Waals surface area contributed by atoms with Gasteiger partial charge in [0, 0.05) is 24.5 Å². The first-order valence-corrected chi connectivity index (χ1v) is 9.64. The van der Waals surface area contributed by atoms with Gasteiger partial charge in [0.25, 0.3) is 0 Å². The summed E-state index contributed by atoms with van der Waals surface area (Å²) in [6, 6.07) is 10.8. The Morgan fingerprint density at radius 3 is 2.54 bits per heavy atom. The summed E-state index contributed by atoms with van der Waals surface area (Å²) in [4.78, 5) is 2.60. The summed E-state index contributed by atoms with van der Waals surface area (Å²) in [7, 11) is 0. The molecule has 24 heavy (non-hydrogen) atoms. The summed E-state index contributed by atoms with van der Waals surface area (Å²) < 4.78 is 0. The fourth-order valence-electron chi connectivity index (χ4n) is 3.58. The van der Waals surface area contributed by atoms with Crippen LogP contribution in [0.15, 0.2) is 41.7 Å². The summed E-state index contributed by atoms with van der Waals surface area (Å²) in [6.45, 7) is 8.87. The number of hydrogen-bond acceptors (Lipinski definition) is 3. The lowest BCUT2D eigenvalue weighted by Crippen LogP contribution is -2.33. The number of allylic oxidation sites excluding steroid dienone is 2. The second-order valence-electron chi connectivity index (χ2n) is 7.19. The smallest absolute Gasteiger partial charge is 0.0294 e. The van der Waals surface area contributed by atoms with Gasteiger partial charge >= 0.3 is 0 Å². The molecular formula is C21H35N3. The van der Waals surface area contributed by atoms with Gasteiger partial charge in [0.2, 0.25) is 0 Å². The van der Waals surface area contributed by atoms with Crippen LogP contribution in [-0.2, 0) is 6.54 Å². The molecule has 1 saturated heterocycles. The molecule has 0 amide bonds. The molecule has 0 spiro atoms. The maximum Gasteiger partial charge on any atom is 0.0294 e. The van der Waals surface area contributed by atoms with Crippen LogP contribution < -0.4 is 11.1 Å². The number of nitrogens with one attached hydrogen (secondary N) is 1. The molecule has 1 fully saturated rings. The number of piperidine rings is 1. The molecule has 134 valence electrons. The molecule has 2 rings (SSSR count). The lowest BCUT2D eigenvalue weighted by atomic mass is 9.92. The zero-order valence-corrected chi connectivity index (χ0v) is 15.6. The monoisotopic (exact) mass is 329 g/mol. The number of likely N-dealkylation sites (tertiary alicyclic amines) is 1. The number of nitrogens with zero attached hydrogens (tertiary/aromatic N) is 1. The first kappa shape index (κ1) is 18.9. The Bertz CT molecular complexity index is 483. The summed E-state index contributed by atoms with van der Waals surface area (Å²) in [6.07, 6.45) is 7.51. The molecule has 1 aromatic rings. The SMILES string of the molecule is CCC/C(NCCCC1CCN(Cc2ccccc2)CC1)=C(\C)N. The van der Waals surface area contributed by atoms with Crippen molar-refractivity contribution in [1.29, 1.82) is 0 Å². The van der Waals surface area contributed by atoms with Gasteiger partial charge < -0.3 is 11.1 Å². The van der Waals surface area contributed by atoms with E-state index in [-0.39, 0.29) is 0 Å². The van der Waals surface area contributed by atoms with Gasteiger partial charge in [0.1, 0.15) is 0 Å². The van der Waals surface area contributed by atoms with Crippen molar-refractivity contribution in [2.45, 2.75) is 58.9 Å². The van der Waals surface area contributed by atoms with Crippen LogP contribution in [0.1, 0.15) is 57.9 Å². The molecule has 1 aliphatic rings. The molecule has 0 aliphatic carbocycles. The third-order valence-electron chi connectivity index (χ3n) is 5.06. The lowest BCUT2D eigenvalue weighted by Gasteiger charge is -2.32. The molecule has 0 radical (unpaired) electrons. The highest BCUT2D eigenvalue weighted by molar-refractivity contribution is 5.14. The minimum Gasteiger partial charge on any atom is -0.401 e.